The van der Waals surface area contributed by atoms with Gasteiger partial charge in [0.2, 0.25) is 5.88 Å². The number of nitrogens with zero attached hydrogens (tertiary/aromatic N) is 1. The van der Waals surface area contributed by atoms with E-state index in [2.05, 4.69) is 42.2 Å². The summed E-state index contributed by atoms with van der Waals surface area (Å²) in [5, 5.41) is 3.06. The molecule has 1 aromatic carbocycles. The predicted octanol–water partition coefficient (Wildman–Crippen LogP) is 4.91. The van der Waals surface area contributed by atoms with Crippen LogP contribution in [-0.4, -0.2) is 12.0 Å². The van der Waals surface area contributed by atoms with Crippen LogP contribution < -0.4 is 10.1 Å². The molecule has 106 valence electrons. The third kappa shape index (κ3) is 3.69. The molecule has 1 aromatic heterocycles. The Hall–Kier alpha value is -0.690. The number of hydrogen-bond donors (Lipinski definition) is 1. The number of pyridine rings is 1. The minimum absolute atomic E-state index is 0.0310. The average molecular weight is 424 g/mol. The van der Waals surface area contributed by atoms with Crippen LogP contribution in [0.5, 0.6) is 11.6 Å². The molecule has 2 aromatic rings. The predicted molar refractivity (Wildman–Crippen MR) is 83.9 cm³/mol. The normalized spacial score (nSPS) is 10.7. The van der Waals surface area contributed by atoms with Crippen molar-refractivity contribution >= 4 is 43.5 Å². The molecule has 1 heterocycles. The van der Waals surface area contributed by atoms with E-state index in [9.17, 15) is 4.39 Å². The Balaban J connectivity index is 2.37. The van der Waals surface area contributed by atoms with Crippen LogP contribution in [0.4, 0.5) is 4.39 Å². The van der Waals surface area contributed by atoms with Crippen LogP contribution in [0, 0.1) is 5.82 Å². The Morgan fingerprint density at radius 3 is 2.80 bits per heavy atom. The van der Waals surface area contributed by atoms with Crippen molar-refractivity contribution in [2.75, 3.05) is 7.05 Å². The number of rotatable bonds is 4. The maximum atomic E-state index is 13.5. The quantitative estimate of drug-likeness (QED) is 0.708. The molecule has 0 fully saturated rings. The standard InChI is InChI=1S/C13H10Br2ClFN2O/c1-18-5-7-2-8(14)6-19-13(7)20-12-4-11(17)10(16)3-9(12)15/h2-4,6,18H,5H2,1H3. The number of hydrogen-bond acceptors (Lipinski definition) is 3. The minimum atomic E-state index is -0.544. The smallest absolute Gasteiger partial charge is 0.223 e. The first-order valence-corrected chi connectivity index (χ1v) is 7.59. The lowest BCUT2D eigenvalue weighted by Crippen LogP contribution is -2.07. The molecule has 0 bridgehead atoms. The molecule has 1 N–H and O–H groups in total. The van der Waals surface area contributed by atoms with Crippen molar-refractivity contribution in [2.45, 2.75) is 6.54 Å². The van der Waals surface area contributed by atoms with Crippen LogP contribution in [0.1, 0.15) is 5.56 Å². The van der Waals surface area contributed by atoms with Crippen molar-refractivity contribution < 1.29 is 9.13 Å². The summed E-state index contributed by atoms with van der Waals surface area (Å²) in [4.78, 5) is 4.20. The van der Waals surface area contributed by atoms with Gasteiger partial charge in [-0.05, 0) is 51.0 Å². The third-order valence-corrected chi connectivity index (χ3v) is 3.78. The molecule has 0 saturated heterocycles. The number of benzene rings is 1. The lowest BCUT2D eigenvalue weighted by atomic mass is 10.2. The van der Waals surface area contributed by atoms with Crippen LogP contribution in [0.3, 0.4) is 0 Å². The Morgan fingerprint density at radius 1 is 1.35 bits per heavy atom. The van der Waals surface area contributed by atoms with Crippen molar-refractivity contribution in [3.8, 4) is 11.6 Å². The summed E-state index contributed by atoms with van der Waals surface area (Å²) in [5.41, 5.74) is 0.851. The molecule has 0 unspecified atom stereocenters. The van der Waals surface area contributed by atoms with E-state index in [1.54, 1.807) is 6.20 Å². The Kier molecular flexibility index (Phi) is 5.37. The summed E-state index contributed by atoms with van der Waals surface area (Å²) < 4.78 is 20.6. The van der Waals surface area contributed by atoms with Crippen LogP contribution in [0.25, 0.3) is 0 Å². The highest BCUT2D eigenvalue weighted by Crippen LogP contribution is 2.34. The zero-order valence-electron chi connectivity index (χ0n) is 10.4. The van der Waals surface area contributed by atoms with Gasteiger partial charge in [0.05, 0.1) is 9.50 Å². The molecule has 20 heavy (non-hydrogen) atoms. The van der Waals surface area contributed by atoms with Gasteiger partial charge in [0, 0.05) is 28.8 Å². The van der Waals surface area contributed by atoms with Crippen molar-refractivity contribution in [1.82, 2.24) is 10.3 Å². The molecular formula is C13H10Br2ClFN2O. The van der Waals surface area contributed by atoms with Crippen LogP contribution in [-0.2, 0) is 6.54 Å². The fourth-order valence-electron chi connectivity index (χ4n) is 1.56. The highest BCUT2D eigenvalue weighted by Gasteiger charge is 2.12. The molecule has 0 aliphatic carbocycles. The van der Waals surface area contributed by atoms with Crippen molar-refractivity contribution in [3.63, 3.8) is 0 Å². The van der Waals surface area contributed by atoms with Crippen molar-refractivity contribution in [3.05, 3.63) is 49.7 Å². The van der Waals surface area contributed by atoms with Gasteiger partial charge >= 0.3 is 0 Å². The number of ether oxygens (including phenoxy) is 1. The Morgan fingerprint density at radius 2 is 2.10 bits per heavy atom. The maximum absolute atomic E-state index is 13.5. The van der Waals surface area contributed by atoms with Crippen molar-refractivity contribution in [2.24, 2.45) is 0 Å². The van der Waals surface area contributed by atoms with Gasteiger partial charge in [-0.3, -0.25) is 0 Å². The van der Waals surface area contributed by atoms with E-state index in [1.807, 2.05) is 13.1 Å². The van der Waals surface area contributed by atoms with E-state index < -0.39 is 5.82 Å². The van der Waals surface area contributed by atoms with Gasteiger partial charge in [-0.2, -0.15) is 0 Å². The first-order chi connectivity index (χ1) is 9.51. The fourth-order valence-corrected chi connectivity index (χ4v) is 2.66. The van der Waals surface area contributed by atoms with Gasteiger partial charge in [0.25, 0.3) is 0 Å². The third-order valence-electron chi connectivity index (χ3n) is 2.44. The van der Waals surface area contributed by atoms with Gasteiger partial charge < -0.3 is 10.1 Å². The number of nitrogens with one attached hydrogen (secondary N) is 1. The molecule has 0 radical (unpaired) electrons. The molecule has 0 aliphatic rings. The Labute approximate surface area is 137 Å². The molecule has 0 aliphatic heterocycles. The summed E-state index contributed by atoms with van der Waals surface area (Å²) in [6.07, 6.45) is 1.62. The number of halogens is 4. The molecule has 0 amide bonds. The van der Waals surface area contributed by atoms with Crippen LogP contribution in [0.15, 0.2) is 33.3 Å². The largest absolute Gasteiger partial charge is 0.437 e. The van der Waals surface area contributed by atoms with E-state index in [0.717, 1.165) is 10.0 Å². The fraction of sp³-hybridized carbons (Fsp3) is 0.154. The first-order valence-electron chi connectivity index (χ1n) is 5.62. The van der Waals surface area contributed by atoms with E-state index in [-0.39, 0.29) is 5.02 Å². The Bertz CT molecular complexity index is 640. The molecular weight excluding hydrogens is 414 g/mol. The van der Waals surface area contributed by atoms with Gasteiger partial charge in [-0.15, -0.1) is 0 Å². The molecule has 0 spiro atoms. The van der Waals surface area contributed by atoms with Crippen LogP contribution in [0.2, 0.25) is 5.02 Å². The summed E-state index contributed by atoms with van der Waals surface area (Å²) in [6, 6.07) is 4.56. The van der Waals surface area contributed by atoms with Gasteiger partial charge in [-0.25, -0.2) is 9.37 Å². The molecule has 0 saturated carbocycles. The maximum Gasteiger partial charge on any atom is 0.223 e. The van der Waals surface area contributed by atoms with Gasteiger partial charge in [0.15, 0.2) is 0 Å². The van der Waals surface area contributed by atoms with E-state index in [1.165, 1.54) is 12.1 Å². The minimum Gasteiger partial charge on any atom is -0.437 e. The lowest BCUT2D eigenvalue weighted by molar-refractivity contribution is 0.447. The van der Waals surface area contributed by atoms with E-state index >= 15 is 0 Å². The summed E-state index contributed by atoms with van der Waals surface area (Å²) >= 11 is 12.3. The van der Waals surface area contributed by atoms with Crippen molar-refractivity contribution in [1.29, 1.82) is 0 Å². The zero-order chi connectivity index (χ0) is 14.7. The zero-order valence-corrected chi connectivity index (χ0v) is 14.3. The topological polar surface area (TPSA) is 34.2 Å². The first kappa shape index (κ1) is 15.7. The van der Waals surface area contributed by atoms with Gasteiger partial charge in [0.1, 0.15) is 11.6 Å². The summed E-state index contributed by atoms with van der Waals surface area (Å²) in [6.45, 7) is 0.579. The second-order valence-corrected chi connectivity index (χ2v) is 6.12. The number of aromatic nitrogens is 1. The lowest BCUT2D eigenvalue weighted by Gasteiger charge is -2.12. The summed E-state index contributed by atoms with van der Waals surface area (Å²) in [7, 11) is 1.82. The van der Waals surface area contributed by atoms with Gasteiger partial charge in [-0.1, -0.05) is 11.6 Å². The van der Waals surface area contributed by atoms with E-state index in [0.29, 0.717) is 22.6 Å². The average Bonchev–Trinajstić information content (AvgIpc) is 2.39. The SMILES string of the molecule is CNCc1cc(Br)cnc1Oc1cc(F)c(Cl)cc1Br. The summed E-state index contributed by atoms with van der Waals surface area (Å²) in [5.74, 6) is 0.182. The molecule has 0 atom stereocenters. The van der Waals surface area contributed by atoms with Crippen LogP contribution >= 0.6 is 43.5 Å². The second-order valence-electron chi connectivity index (χ2n) is 3.95. The highest BCUT2D eigenvalue weighted by atomic mass is 79.9. The second kappa shape index (κ2) is 6.85. The molecule has 3 nitrogen and oxygen atoms in total. The molecule has 2 rings (SSSR count). The molecule has 7 heteroatoms. The highest BCUT2D eigenvalue weighted by molar-refractivity contribution is 9.10. The monoisotopic (exact) mass is 422 g/mol. The van der Waals surface area contributed by atoms with E-state index in [4.69, 9.17) is 16.3 Å².